The van der Waals surface area contributed by atoms with Gasteiger partial charge in [-0.05, 0) is 31.2 Å². The maximum atomic E-state index is 11.1. The van der Waals surface area contributed by atoms with Gasteiger partial charge in [-0.2, -0.15) is 0 Å². The van der Waals surface area contributed by atoms with Crippen molar-refractivity contribution in [1.82, 2.24) is 0 Å². The van der Waals surface area contributed by atoms with Crippen LogP contribution in [0.2, 0.25) is 10.0 Å². The van der Waals surface area contributed by atoms with E-state index >= 15 is 0 Å². The molecular weight excluding hydrogens is 307 g/mol. The van der Waals surface area contributed by atoms with E-state index in [4.69, 9.17) is 33.0 Å². The minimum absolute atomic E-state index is 0.176. The Kier molecular flexibility index (Phi) is 4.34. The van der Waals surface area contributed by atoms with E-state index in [1.165, 1.54) is 11.3 Å². The number of carboxylic acid groups (broad SMARTS) is 1. The van der Waals surface area contributed by atoms with Crippen LogP contribution in [0.4, 0.5) is 0 Å². The molecule has 0 bridgehead atoms. The molecule has 3 nitrogen and oxygen atoms in total. The summed E-state index contributed by atoms with van der Waals surface area (Å²) in [6.45, 7) is 2.01. The maximum Gasteiger partial charge on any atom is 0.349 e. The molecule has 0 atom stereocenters. The second-order valence-corrected chi connectivity index (χ2v) is 5.98. The van der Waals surface area contributed by atoms with Gasteiger partial charge in [-0.3, -0.25) is 0 Å². The molecule has 0 spiro atoms. The van der Waals surface area contributed by atoms with Gasteiger partial charge in [0, 0.05) is 20.5 Å². The average molecular weight is 317 g/mol. The molecule has 0 aliphatic rings. The smallest absolute Gasteiger partial charge is 0.349 e. The van der Waals surface area contributed by atoms with Gasteiger partial charge < -0.3 is 9.84 Å². The van der Waals surface area contributed by atoms with Crippen LogP contribution in [0.15, 0.2) is 24.3 Å². The monoisotopic (exact) mass is 316 g/mol. The van der Waals surface area contributed by atoms with Gasteiger partial charge in [0.25, 0.3) is 0 Å². The maximum absolute atomic E-state index is 11.1. The van der Waals surface area contributed by atoms with Gasteiger partial charge in [0.2, 0.25) is 0 Å². The van der Waals surface area contributed by atoms with E-state index in [2.05, 4.69) is 0 Å². The van der Waals surface area contributed by atoms with Gasteiger partial charge >= 0.3 is 5.97 Å². The summed E-state index contributed by atoms with van der Waals surface area (Å²) in [7, 11) is 0. The molecule has 19 heavy (non-hydrogen) atoms. The molecule has 2 aromatic rings. The first-order valence-corrected chi connectivity index (χ1v) is 6.95. The van der Waals surface area contributed by atoms with E-state index < -0.39 is 5.97 Å². The lowest BCUT2D eigenvalue weighted by molar-refractivity contribution is 0.0697. The lowest BCUT2D eigenvalue weighted by atomic mass is 10.2. The molecule has 0 amide bonds. The molecule has 1 aromatic heterocycles. The Hall–Kier alpha value is -1.23. The van der Waals surface area contributed by atoms with Gasteiger partial charge in [-0.1, -0.05) is 23.2 Å². The highest BCUT2D eigenvalue weighted by molar-refractivity contribution is 7.14. The second-order valence-electron chi connectivity index (χ2n) is 3.88. The van der Waals surface area contributed by atoms with Gasteiger partial charge in [0.1, 0.15) is 12.4 Å². The fourth-order valence-electron chi connectivity index (χ4n) is 1.56. The molecule has 1 aromatic carbocycles. The van der Waals surface area contributed by atoms with Crippen molar-refractivity contribution >= 4 is 40.5 Å². The molecule has 0 radical (unpaired) electrons. The summed E-state index contributed by atoms with van der Waals surface area (Å²) >= 11 is 13.1. The number of aromatic carboxylic acids is 1. The average Bonchev–Trinajstić information content (AvgIpc) is 2.72. The van der Waals surface area contributed by atoms with E-state index in [0.29, 0.717) is 21.4 Å². The Labute approximate surface area is 124 Å². The minimum atomic E-state index is -0.995. The zero-order valence-electron chi connectivity index (χ0n) is 9.94. The molecule has 0 saturated carbocycles. The van der Waals surface area contributed by atoms with Crippen molar-refractivity contribution in [3.63, 3.8) is 0 Å². The number of rotatable bonds is 4. The standard InChI is InChI=1S/C13H10Cl2O3S/c1-7-4-11(12(19-7)13(16)17)18-6-8-5-9(14)2-3-10(8)15/h2-5H,6H2,1H3,(H,16,17). The molecule has 1 heterocycles. The quantitative estimate of drug-likeness (QED) is 0.893. The highest BCUT2D eigenvalue weighted by Gasteiger charge is 2.15. The third kappa shape index (κ3) is 3.41. The van der Waals surface area contributed by atoms with Crippen molar-refractivity contribution in [1.29, 1.82) is 0 Å². The number of hydrogen-bond donors (Lipinski definition) is 1. The van der Waals surface area contributed by atoms with Crippen molar-refractivity contribution in [2.75, 3.05) is 0 Å². The van der Waals surface area contributed by atoms with E-state index in [1.807, 2.05) is 6.92 Å². The molecule has 6 heteroatoms. The van der Waals surface area contributed by atoms with Gasteiger partial charge in [0.15, 0.2) is 4.88 Å². The van der Waals surface area contributed by atoms with Crippen LogP contribution in [0.3, 0.4) is 0 Å². The van der Waals surface area contributed by atoms with Crippen LogP contribution in [0.1, 0.15) is 20.1 Å². The number of carbonyl (C=O) groups is 1. The van der Waals surface area contributed by atoms with Crippen LogP contribution in [0.5, 0.6) is 5.75 Å². The SMILES string of the molecule is Cc1cc(OCc2cc(Cl)ccc2Cl)c(C(=O)O)s1. The molecule has 0 aliphatic heterocycles. The third-order valence-electron chi connectivity index (χ3n) is 2.41. The molecule has 0 fully saturated rings. The van der Waals surface area contributed by atoms with Crippen LogP contribution >= 0.6 is 34.5 Å². The number of halogens is 2. The van der Waals surface area contributed by atoms with E-state index in [0.717, 1.165) is 4.88 Å². The van der Waals surface area contributed by atoms with Crippen molar-refractivity contribution in [2.24, 2.45) is 0 Å². The minimum Gasteiger partial charge on any atom is -0.487 e. The summed E-state index contributed by atoms with van der Waals surface area (Å²) in [6.07, 6.45) is 0. The fraction of sp³-hybridized carbons (Fsp3) is 0.154. The number of benzene rings is 1. The predicted molar refractivity (Wildman–Crippen MR) is 76.8 cm³/mol. The van der Waals surface area contributed by atoms with Crippen LogP contribution < -0.4 is 4.74 Å². The lowest BCUT2D eigenvalue weighted by Gasteiger charge is -2.07. The van der Waals surface area contributed by atoms with Gasteiger partial charge in [-0.15, -0.1) is 11.3 Å². The topological polar surface area (TPSA) is 46.5 Å². The molecule has 100 valence electrons. The largest absolute Gasteiger partial charge is 0.487 e. The first-order chi connectivity index (χ1) is 8.97. The fourth-order valence-corrected chi connectivity index (χ4v) is 2.72. The number of carboxylic acids is 1. The van der Waals surface area contributed by atoms with Crippen molar-refractivity contribution < 1.29 is 14.6 Å². The summed E-state index contributed by atoms with van der Waals surface area (Å²) in [5.74, 6) is -0.642. The Balaban J connectivity index is 2.19. The van der Waals surface area contributed by atoms with Crippen LogP contribution in [0, 0.1) is 6.92 Å². The summed E-state index contributed by atoms with van der Waals surface area (Å²) in [6, 6.07) is 6.76. The Morgan fingerprint density at radius 1 is 1.37 bits per heavy atom. The Bertz CT molecular complexity index is 622. The van der Waals surface area contributed by atoms with E-state index in [9.17, 15) is 4.79 Å². The number of thiophene rings is 1. The van der Waals surface area contributed by atoms with Gasteiger partial charge in [-0.25, -0.2) is 4.79 Å². The van der Waals surface area contributed by atoms with E-state index in [1.54, 1.807) is 24.3 Å². The normalized spacial score (nSPS) is 10.5. The van der Waals surface area contributed by atoms with Crippen molar-refractivity contribution in [3.8, 4) is 5.75 Å². The van der Waals surface area contributed by atoms with Gasteiger partial charge in [0.05, 0.1) is 0 Å². The summed E-state index contributed by atoms with van der Waals surface area (Å²) in [5, 5.41) is 10.2. The first-order valence-electron chi connectivity index (χ1n) is 5.38. The number of aryl methyl sites for hydroxylation is 1. The van der Waals surface area contributed by atoms with Crippen LogP contribution in [0.25, 0.3) is 0 Å². The highest BCUT2D eigenvalue weighted by atomic mass is 35.5. The summed E-state index contributed by atoms with van der Waals surface area (Å²) < 4.78 is 5.53. The Morgan fingerprint density at radius 3 is 2.79 bits per heavy atom. The molecule has 0 unspecified atom stereocenters. The Morgan fingerprint density at radius 2 is 2.11 bits per heavy atom. The highest BCUT2D eigenvalue weighted by Crippen LogP contribution is 2.30. The first kappa shape index (κ1) is 14.2. The molecule has 0 saturated heterocycles. The van der Waals surface area contributed by atoms with Crippen LogP contribution in [-0.2, 0) is 6.61 Å². The van der Waals surface area contributed by atoms with Crippen molar-refractivity contribution in [3.05, 3.63) is 49.6 Å². The molecule has 0 aliphatic carbocycles. The summed E-state index contributed by atoms with van der Waals surface area (Å²) in [5.41, 5.74) is 0.717. The van der Waals surface area contributed by atoms with Crippen molar-refractivity contribution in [2.45, 2.75) is 13.5 Å². The zero-order valence-corrected chi connectivity index (χ0v) is 12.3. The zero-order chi connectivity index (χ0) is 14.0. The van der Waals surface area contributed by atoms with E-state index in [-0.39, 0.29) is 11.5 Å². The lowest BCUT2D eigenvalue weighted by Crippen LogP contribution is -2.00. The predicted octanol–water partition coefficient (Wildman–Crippen LogP) is 4.64. The molecule has 1 N–H and O–H groups in total. The summed E-state index contributed by atoms with van der Waals surface area (Å²) in [4.78, 5) is 12.1. The third-order valence-corrected chi connectivity index (χ3v) is 4.03. The number of hydrogen-bond acceptors (Lipinski definition) is 3. The molecular formula is C13H10Cl2O3S. The number of ether oxygens (including phenoxy) is 1. The molecule has 2 rings (SSSR count). The van der Waals surface area contributed by atoms with Crippen LogP contribution in [-0.4, -0.2) is 11.1 Å². The second kappa shape index (κ2) is 5.82.